The third-order valence-electron chi connectivity index (χ3n) is 8.83. The normalized spacial score (nSPS) is 19.8. The van der Waals surface area contributed by atoms with Gasteiger partial charge in [-0.25, -0.2) is 0 Å². The lowest BCUT2D eigenvalue weighted by molar-refractivity contribution is -0.145. The van der Waals surface area contributed by atoms with Gasteiger partial charge >= 0.3 is 0 Å². The second kappa shape index (κ2) is 12.2. The first-order valence-electron chi connectivity index (χ1n) is 14.2. The van der Waals surface area contributed by atoms with Crippen LogP contribution in [0.15, 0.2) is 48.7 Å². The van der Waals surface area contributed by atoms with Gasteiger partial charge in [-0.15, -0.1) is 0 Å². The molecule has 40 heavy (non-hydrogen) atoms. The summed E-state index contributed by atoms with van der Waals surface area (Å²) in [5, 5.41) is 1.76. The lowest BCUT2D eigenvalue weighted by atomic mass is 9.77. The number of rotatable bonds is 8. The summed E-state index contributed by atoms with van der Waals surface area (Å²) in [5.74, 6) is -0.429. The van der Waals surface area contributed by atoms with E-state index < -0.39 is 11.6 Å². The highest BCUT2D eigenvalue weighted by molar-refractivity contribution is 6.42. The number of aromatic nitrogens is 1. The number of halogens is 2. The largest absolute Gasteiger partial charge is 0.361 e. The number of hydrogen-bond donors (Lipinski definition) is 2. The Morgan fingerprint density at radius 2 is 1.75 bits per heavy atom. The Morgan fingerprint density at radius 3 is 2.42 bits per heavy atom. The van der Waals surface area contributed by atoms with E-state index in [4.69, 9.17) is 28.9 Å². The van der Waals surface area contributed by atoms with Gasteiger partial charge in [0.15, 0.2) is 5.78 Å². The van der Waals surface area contributed by atoms with Crippen LogP contribution in [0.1, 0.15) is 50.2 Å². The van der Waals surface area contributed by atoms with Crippen LogP contribution in [0, 0.1) is 0 Å². The minimum absolute atomic E-state index is 0.189. The van der Waals surface area contributed by atoms with Crippen molar-refractivity contribution in [1.29, 1.82) is 0 Å². The molecule has 3 heterocycles. The number of hydrogen-bond acceptors (Lipinski definition) is 5. The molecule has 2 atom stereocenters. The summed E-state index contributed by atoms with van der Waals surface area (Å²) in [7, 11) is 1.76. The van der Waals surface area contributed by atoms with Crippen molar-refractivity contribution in [2.24, 2.45) is 5.73 Å². The lowest BCUT2D eigenvalue weighted by Gasteiger charge is -2.47. The number of Topliss-reactive ketones (excluding diaryl/α,β-unsaturated/α-hetero) is 1. The molecule has 2 aliphatic rings. The molecule has 0 bridgehead atoms. The van der Waals surface area contributed by atoms with E-state index in [-0.39, 0.29) is 11.7 Å². The van der Waals surface area contributed by atoms with Crippen LogP contribution in [0.5, 0.6) is 0 Å². The number of aromatic amines is 1. The van der Waals surface area contributed by atoms with Gasteiger partial charge in [0.25, 0.3) is 0 Å². The summed E-state index contributed by atoms with van der Waals surface area (Å²) in [5.41, 5.74) is 8.04. The summed E-state index contributed by atoms with van der Waals surface area (Å²) in [4.78, 5) is 37.7. The molecule has 214 valence electrons. The third-order valence-corrected chi connectivity index (χ3v) is 9.57. The van der Waals surface area contributed by atoms with Crippen LogP contribution in [0.2, 0.25) is 10.0 Å². The monoisotopic (exact) mass is 583 g/mol. The molecule has 1 aromatic heterocycles. The average Bonchev–Trinajstić information content (AvgIpc) is 3.40. The number of amides is 1. The summed E-state index contributed by atoms with van der Waals surface area (Å²) >= 11 is 12.4. The highest BCUT2D eigenvalue weighted by Gasteiger charge is 2.51. The van der Waals surface area contributed by atoms with Crippen LogP contribution in [-0.4, -0.2) is 76.7 Å². The number of carbonyl (C=O) groups is 2. The van der Waals surface area contributed by atoms with Crippen molar-refractivity contribution in [3.63, 3.8) is 0 Å². The zero-order chi connectivity index (χ0) is 28.4. The Balaban J connectivity index is 1.49. The number of nitrogens with zero attached hydrogens (tertiary/aromatic N) is 3. The minimum Gasteiger partial charge on any atom is -0.361 e. The number of nitrogens with two attached hydrogens (primary N) is 1. The Hall–Kier alpha value is -2.42. The maximum atomic E-state index is 14.4. The molecule has 2 unspecified atom stereocenters. The SMILES string of the molecule is CC(=O)C(N)(c1c[nH]c2ccccc12)C(C(=O)N(C)Cc1ccc(Cl)c(Cl)c1)N1CCC(N2CCCCC2)CC1. The van der Waals surface area contributed by atoms with Crippen molar-refractivity contribution < 1.29 is 9.59 Å². The number of para-hydroxylation sites is 1. The molecule has 1 amide bonds. The van der Waals surface area contributed by atoms with Crippen LogP contribution in [0.4, 0.5) is 0 Å². The van der Waals surface area contributed by atoms with Crippen molar-refractivity contribution in [2.75, 3.05) is 33.2 Å². The predicted octanol–water partition coefficient (Wildman–Crippen LogP) is 5.20. The molecule has 2 fully saturated rings. The molecule has 2 aliphatic heterocycles. The number of likely N-dealkylation sites (N-methyl/N-ethyl adjacent to an activating group) is 1. The summed E-state index contributed by atoms with van der Waals surface area (Å²) in [6.45, 7) is 5.51. The Bertz CT molecular complexity index is 1360. The van der Waals surface area contributed by atoms with E-state index >= 15 is 0 Å². The van der Waals surface area contributed by atoms with Crippen molar-refractivity contribution in [3.8, 4) is 0 Å². The molecule has 2 saturated heterocycles. The van der Waals surface area contributed by atoms with Gasteiger partial charge in [0, 0.05) is 55.4 Å². The number of likely N-dealkylation sites (tertiary alicyclic amines) is 2. The number of carbonyl (C=O) groups excluding carboxylic acids is 2. The summed E-state index contributed by atoms with van der Waals surface area (Å²) in [6.07, 6.45) is 7.49. The molecular weight excluding hydrogens is 545 g/mol. The number of ketones is 1. The maximum absolute atomic E-state index is 14.4. The number of nitrogens with one attached hydrogen (secondary N) is 1. The van der Waals surface area contributed by atoms with E-state index in [2.05, 4.69) is 14.8 Å². The van der Waals surface area contributed by atoms with E-state index in [1.807, 2.05) is 30.3 Å². The molecule has 0 aliphatic carbocycles. The second-order valence-corrected chi connectivity index (χ2v) is 12.2. The zero-order valence-electron chi connectivity index (χ0n) is 23.3. The Morgan fingerprint density at radius 1 is 1.05 bits per heavy atom. The van der Waals surface area contributed by atoms with E-state index in [9.17, 15) is 9.59 Å². The van der Waals surface area contributed by atoms with Gasteiger partial charge in [0.2, 0.25) is 5.91 Å². The van der Waals surface area contributed by atoms with Gasteiger partial charge in [-0.05, 0) is 69.5 Å². The van der Waals surface area contributed by atoms with E-state index in [0.717, 1.165) is 42.4 Å². The van der Waals surface area contributed by atoms with Gasteiger partial charge < -0.3 is 20.5 Å². The van der Waals surface area contributed by atoms with Crippen LogP contribution in [0.25, 0.3) is 10.9 Å². The molecule has 9 heteroatoms. The summed E-state index contributed by atoms with van der Waals surface area (Å²) in [6, 6.07) is 12.8. The van der Waals surface area contributed by atoms with Crippen LogP contribution in [0.3, 0.4) is 0 Å². The van der Waals surface area contributed by atoms with Gasteiger partial charge in [-0.3, -0.25) is 14.5 Å². The first-order valence-corrected chi connectivity index (χ1v) is 15.0. The highest BCUT2D eigenvalue weighted by Crippen LogP contribution is 2.36. The number of benzene rings is 2. The number of fused-ring (bicyclic) bond motifs is 1. The third kappa shape index (κ3) is 5.68. The van der Waals surface area contributed by atoms with Crippen LogP contribution < -0.4 is 5.73 Å². The number of piperidine rings is 2. The molecule has 3 aromatic rings. The standard InChI is InChI=1S/C31H39Cl2N5O2/c1-21(39)31(34,25-19-35-28-9-5-4-8-24(25)28)29(30(40)36(2)20-22-10-11-26(32)27(33)18-22)38-16-12-23(13-17-38)37-14-6-3-7-15-37/h4-5,8-11,18-19,23,29,35H,3,6-7,12-17,20,34H2,1-2H3. The molecule has 0 spiro atoms. The van der Waals surface area contributed by atoms with Crippen LogP contribution in [-0.2, 0) is 21.7 Å². The molecule has 3 N–H and O–H groups in total. The van der Waals surface area contributed by atoms with E-state index in [0.29, 0.717) is 41.3 Å². The number of H-pyrrole nitrogens is 1. The first-order chi connectivity index (χ1) is 19.2. The van der Waals surface area contributed by atoms with Gasteiger partial charge in [0.1, 0.15) is 11.6 Å². The van der Waals surface area contributed by atoms with E-state index in [1.165, 1.54) is 26.2 Å². The fraction of sp³-hybridized carbons (Fsp3) is 0.484. The fourth-order valence-electron chi connectivity index (χ4n) is 6.57. The van der Waals surface area contributed by atoms with Gasteiger partial charge in [-0.1, -0.05) is 53.9 Å². The second-order valence-electron chi connectivity index (χ2n) is 11.4. The topological polar surface area (TPSA) is 85.7 Å². The molecule has 5 rings (SSSR count). The average molecular weight is 585 g/mol. The quantitative estimate of drug-likeness (QED) is 0.381. The molecule has 0 saturated carbocycles. The Kier molecular flexibility index (Phi) is 8.88. The zero-order valence-corrected chi connectivity index (χ0v) is 24.8. The maximum Gasteiger partial charge on any atom is 0.242 e. The lowest BCUT2D eigenvalue weighted by Crippen LogP contribution is -2.67. The first kappa shape index (κ1) is 29.1. The fourth-order valence-corrected chi connectivity index (χ4v) is 6.89. The summed E-state index contributed by atoms with van der Waals surface area (Å²) < 4.78 is 0. The van der Waals surface area contributed by atoms with E-state index in [1.54, 1.807) is 30.3 Å². The van der Waals surface area contributed by atoms with Crippen molar-refractivity contribution in [3.05, 3.63) is 69.8 Å². The van der Waals surface area contributed by atoms with Crippen molar-refractivity contribution >= 4 is 45.8 Å². The van der Waals surface area contributed by atoms with Crippen LogP contribution >= 0.6 is 23.2 Å². The minimum atomic E-state index is -1.54. The van der Waals surface area contributed by atoms with Gasteiger partial charge in [0.05, 0.1) is 10.0 Å². The molecular formula is C31H39Cl2N5O2. The molecule has 0 radical (unpaired) electrons. The predicted molar refractivity (Wildman–Crippen MR) is 162 cm³/mol. The van der Waals surface area contributed by atoms with Gasteiger partial charge in [-0.2, -0.15) is 0 Å². The van der Waals surface area contributed by atoms with Crippen molar-refractivity contribution in [2.45, 2.75) is 63.2 Å². The highest BCUT2D eigenvalue weighted by atomic mass is 35.5. The smallest absolute Gasteiger partial charge is 0.242 e. The Labute approximate surface area is 246 Å². The van der Waals surface area contributed by atoms with Crippen molar-refractivity contribution in [1.82, 2.24) is 19.7 Å². The molecule has 2 aromatic carbocycles. The molecule has 7 nitrogen and oxygen atoms in total.